The Balaban J connectivity index is 0.000000195. The molecule has 73 heavy (non-hydrogen) atoms. The van der Waals surface area contributed by atoms with Crippen molar-refractivity contribution in [1.29, 1.82) is 0 Å². The van der Waals surface area contributed by atoms with Crippen molar-refractivity contribution >= 4 is 58.2 Å². The van der Waals surface area contributed by atoms with Gasteiger partial charge >= 0.3 is 0 Å². The molecule has 4 saturated carbocycles. The van der Waals surface area contributed by atoms with Gasteiger partial charge < -0.3 is 61.4 Å². The summed E-state index contributed by atoms with van der Waals surface area (Å²) in [6.07, 6.45) is 3.49. The van der Waals surface area contributed by atoms with Crippen LogP contribution in [0.2, 0.25) is 0 Å². The number of aliphatic hydroxyl groups excluding tert-OH is 3. The fraction of sp³-hybridized carbons (Fsp3) is 0.608. The fourth-order valence-corrected chi connectivity index (χ4v) is 11.8. The van der Waals surface area contributed by atoms with E-state index in [9.17, 15) is 27.8 Å². The van der Waals surface area contributed by atoms with Gasteiger partial charge in [-0.05, 0) is 107 Å². The number of benzene rings is 2. The molecule has 22 heteroatoms. The van der Waals surface area contributed by atoms with E-state index in [1.807, 2.05) is 37.7 Å². The second-order valence-electron chi connectivity index (χ2n) is 20.2. The number of fused-ring (bicyclic) bond motifs is 1. The van der Waals surface area contributed by atoms with Gasteiger partial charge in [0.25, 0.3) is 0 Å². The number of rotatable bonds is 20. The molecule has 2 aromatic carbocycles. The van der Waals surface area contributed by atoms with E-state index in [2.05, 4.69) is 29.5 Å². The SMILES string of the molecule is CCCSc1nc(N[C@@H]2C[C@H](CCCO)[C@@H](O)[C@H]2O)c(N)c(N(C)[C@@H]2C[C@H]2c2ccc(F)c(F)c2)n1.CCCSc1nc(N[C@@H]2C[C@H](OC)[C@H]3OC(C)(C)O[C@H]32)c(N)c(N(C)[C@@H]2C[C@H]2c2ccc(F)c(F)c2)n1. The van der Waals surface area contributed by atoms with Crippen LogP contribution >= 0.6 is 23.5 Å². The lowest BCUT2D eigenvalue weighted by Gasteiger charge is -2.26. The van der Waals surface area contributed by atoms with Gasteiger partial charge in [0.1, 0.15) is 29.7 Å². The van der Waals surface area contributed by atoms with Gasteiger partial charge in [0.2, 0.25) is 0 Å². The Hall–Kier alpha value is -4.42. The van der Waals surface area contributed by atoms with Crippen LogP contribution in [0.15, 0.2) is 46.7 Å². The third-order valence-electron chi connectivity index (χ3n) is 14.5. The molecule has 0 bridgehead atoms. The van der Waals surface area contributed by atoms with Crippen molar-refractivity contribution in [3.05, 3.63) is 70.8 Å². The standard InChI is InChI=1S/C26H35F2N5O3S.C25H35F2N5O3S/c1-6-9-37-25-31-23(30-17-12-19(34-5)22-21(17)35-26(2,3)36-22)20(29)24(32-25)33(4)18-11-14(18)13-7-8-15(27)16(28)10-13;1-3-9-36-25-30-23(29-18-11-14(5-4-8-33)21(34)22(18)35)20(28)24(31-25)32(2)19-12-15(19)13-6-7-16(26)17(27)10-13/h7-8,10,14,17-19,21-22H,6,9,11-12,29H2,1-5H3,(H,30,31,32);6-7,10,14-15,18-19,21-22,33-35H,3-5,8-9,11-12,28H2,1-2H3,(H,29,30,31)/t14-,17+,18+,19-,21-,22+;14-,15-,18+,19+,21+,22-/m00/s1. The Morgan fingerprint density at radius 1 is 0.712 bits per heavy atom. The first-order valence-electron chi connectivity index (χ1n) is 25.2. The first kappa shape index (κ1) is 54.8. The molecular formula is C51H70F4N10O6S2. The highest BCUT2D eigenvalue weighted by Gasteiger charge is 2.55. The lowest BCUT2D eigenvalue weighted by Crippen LogP contribution is -2.35. The first-order valence-corrected chi connectivity index (χ1v) is 27.2. The molecule has 1 saturated heterocycles. The zero-order valence-electron chi connectivity index (χ0n) is 42.4. The number of nitrogens with two attached hydrogens (primary N) is 2. The van der Waals surface area contributed by atoms with Crippen molar-refractivity contribution in [1.82, 2.24) is 19.9 Å². The summed E-state index contributed by atoms with van der Waals surface area (Å²) in [5, 5.41) is 38.2. The van der Waals surface area contributed by atoms with Gasteiger partial charge in [-0.2, -0.15) is 0 Å². The predicted molar refractivity (Wildman–Crippen MR) is 277 cm³/mol. The van der Waals surface area contributed by atoms with E-state index in [1.165, 1.54) is 30.0 Å². The maximum Gasteiger partial charge on any atom is 0.191 e. The predicted octanol–water partition coefficient (Wildman–Crippen LogP) is 7.68. The number of hydrogen-bond donors (Lipinski definition) is 7. The monoisotopic (exact) mass is 1060 g/mol. The van der Waals surface area contributed by atoms with Crippen LogP contribution in [0.25, 0.3) is 0 Å². The Kier molecular flexibility index (Phi) is 17.4. The number of nitrogen functional groups attached to an aromatic ring is 2. The molecule has 5 aliphatic rings. The number of thioether (sulfide) groups is 2. The molecule has 12 atom stereocenters. The molecule has 0 amide bonds. The molecular weight excluding hydrogens is 989 g/mol. The van der Waals surface area contributed by atoms with Crippen LogP contribution in [-0.2, 0) is 14.2 Å². The number of anilines is 6. The number of aromatic nitrogens is 4. The minimum atomic E-state index is -0.989. The molecule has 9 rings (SSSR count). The van der Waals surface area contributed by atoms with Crippen LogP contribution in [0.3, 0.4) is 0 Å². The van der Waals surface area contributed by atoms with Crippen LogP contribution < -0.4 is 31.9 Å². The zero-order valence-corrected chi connectivity index (χ0v) is 44.0. The topological polar surface area (TPSA) is 223 Å². The summed E-state index contributed by atoms with van der Waals surface area (Å²) in [5.74, 6) is -0.330. The maximum atomic E-state index is 13.8. The Morgan fingerprint density at radius 2 is 1.21 bits per heavy atom. The summed E-state index contributed by atoms with van der Waals surface area (Å²) in [4.78, 5) is 22.8. The summed E-state index contributed by atoms with van der Waals surface area (Å²) in [6, 6.07) is 7.64. The summed E-state index contributed by atoms with van der Waals surface area (Å²) in [7, 11) is 5.49. The Labute approximate surface area is 433 Å². The largest absolute Gasteiger partial charge is 0.396 e. The fourth-order valence-electron chi connectivity index (χ4n) is 10.4. The molecule has 400 valence electrons. The zero-order chi connectivity index (χ0) is 52.5. The molecule has 3 heterocycles. The highest BCUT2D eigenvalue weighted by Crippen LogP contribution is 2.49. The molecule has 0 spiro atoms. The summed E-state index contributed by atoms with van der Waals surface area (Å²) < 4.78 is 72.4. The van der Waals surface area contributed by atoms with Crippen molar-refractivity contribution < 1.29 is 47.1 Å². The van der Waals surface area contributed by atoms with Crippen molar-refractivity contribution in [2.45, 2.75) is 162 Å². The third kappa shape index (κ3) is 12.3. The molecule has 4 aliphatic carbocycles. The molecule has 2 aromatic heterocycles. The third-order valence-corrected chi connectivity index (χ3v) is 16.6. The van der Waals surface area contributed by atoms with Gasteiger partial charge in [0.15, 0.2) is 62.6 Å². The van der Waals surface area contributed by atoms with Gasteiger partial charge in [0, 0.05) is 63.2 Å². The Bertz CT molecular complexity index is 2560. The van der Waals surface area contributed by atoms with Gasteiger partial charge in [-0.3, -0.25) is 0 Å². The molecule has 0 unspecified atom stereocenters. The number of ether oxygens (including phenoxy) is 3. The van der Waals surface area contributed by atoms with E-state index < -0.39 is 47.3 Å². The molecule has 4 aromatic rings. The van der Waals surface area contributed by atoms with E-state index in [1.54, 1.807) is 31.0 Å². The smallest absolute Gasteiger partial charge is 0.191 e. The van der Waals surface area contributed by atoms with Crippen LogP contribution in [0.5, 0.6) is 0 Å². The minimum absolute atomic E-state index is 0.0192. The molecule has 5 fully saturated rings. The number of aliphatic hydroxyl groups is 3. The number of nitrogens with one attached hydrogen (secondary N) is 2. The van der Waals surface area contributed by atoms with E-state index in [0.29, 0.717) is 70.6 Å². The number of hydrogen-bond acceptors (Lipinski definition) is 18. The molecule has 1 aliphatic heterocycles. The Morgan fingerprint density at radius 3 is 1.67 bits per heavy atom. The van der Waals surface area contributed by atoms with Gasteiger partial charge in [-0.1, -0.05) is 49.5 Å². The minimum Gasteiger partial charge on any atom is -0.396 e. The molecule has 0 radical (unpaired) electrons. The lowest BCUT2D eigenvalue weighted by molar-refractivity contribution is -0.164. The molecule has 9 N–H and O–H groups in total. The molecule has 16 nitrogen and oxygen atoms in total. The quantitative estimate of drug-likeness (QED) is 0.0256. The van der Waals surface area contributed by atoms with Crippen molar-refractivity contribution in [3.8, 4) is 0 Å². The average molecular weight is 1060 g/mol. The van der Waals surface area contributed by atoms with Crippen LogP contribution in [-0.4, -0.2) is 135 Å². The van der Waals surface area contributed by atoms with E-state index in [0.717, 1.165) is 54.4 Å². The first-order chi connectivity index (χ1) is 34.9. The van der Waals surface area contributed by atoms with Crippen molar-refractivity contribution in [3.63, 3.8) is 0 Å². The summed E-state index contributed by atoms with van der Waals surface area (Å²) in [6.45, 7) is 8.02. The van der Waals surface area contributed by atoms with Crippen LogP contribution in [0.4, 0.5) is 52.2 Å². The van der Waals surface area contributed by atoms with Gasteiger partial charge in [-0.25, -0.2) is 37.5 Å². The van der Waals surface area contributed by atoms with Crippen molar-refractivity contribution in [2.75, 3.05) is 71.2 Å². The number of likely N-dealkylation sites (N-methyl/N-ethyl adjacent to an activating group) is 2. The normalized spacial score (nSPS) is 28.6. The number of methoxy groups -OCH3 is 1. The number of nitrogens with zero attached hydrogens (tertiary/aromatic N) is 6. The highest BCUT2D eigenvalue weighted by atomic mass is 32.2. The van der Waals surface area contributed by atoms with Gasteiger partial charge in [0.05, 0.1) is 24.3 Å². The highest BCUT2D eigenvalue weighted by molar-refractivity contribution is 7.99. The van der Waals surface area contributed by atoms with Crippen LogP contribution in [0, 0.1) is 29.2 Å². The maximum absolute atomic E-state index is 13.8. The van der Waals surface area contributed by atoms with E-state index >= 15 is 0 Å². The summed E-state index contributed by atoms with van der Waals surface area (Å²) >= 11 is 3.08. The second-order valence-corrected chi connectivity index (χ2v) is 22.3. The summed E-state index contributed by atoms with van der Waals surface area (Å²) in [5.41, 5.74) is 15.5. The van der Waals surface area contributed by atoms with E-state index in [4.69, 9.17) is 45.7 Å². The average Bonchev–Trinajstić information content (AvgIpc) is 4.28. The second kappa shape index (κ2) is 23.2. The lowest BCUT2D eigenvalue weighted by atomic mass is 9.99. The van der Waals surface area contributed by atoms with Crippen molar-refractivity contribution in [2.24, 2.45) is 5.92 Å². The number of halogens is 4. The van der Waals surface area contributed by atoms with E-state index in [-0.39, 0.29) is 60.8 Å². The van der Waals surface area contributed by atoms with Crippen LogP contribution in [0.1, 0.15) is 102 Å². The van der Waals surface area contributed by atoms with Gasteiger partial charge in [-0.15, -0.1) is 0 Å².